The Morgan fingerprint density at radius 1 is 0.871 bits per heavy atom. The normalized spacial score (nSPS) is 13.2. The second-order valence-corrected chi connectivity index (χ2v) is 7.16. The van der Waals surface area contributed by atoms with Crippen LogP contribution in [-0.4, -0.2) is 31.7 Å². The number of hydrogen-bond acceptors (Lipinski definition) is 5. The second-order valence-electron chi connectivity index (χ2n) is 7.16. The van der Waals surface area contributed by atoms with Crippen LogP contribution in [0.2, 0.25) is 0 Å². The molecule has 0 fully saturated rings. The van der Waals surface area contributed by atoms with E-state index in [4.69, 9.17) is 14.2 Å². The lowest BCUT2D eigenvalue weighted by Crippen LogP contribution is -2.33. The Bertz CT molecular complexity index is 1040. The molecule has 0 aromatic heterocycles. The summed E-state index contributed by atoms with van der Waals surface area (Å²) in [6.07, 6.45) is 0.632. The molecule has 0 radical (unpaired) electrons. The number of esters is 1. The highest BCUT2D eigenvalue weighted by Crippen LogP contribution is 2.30. The largest absolute Gasteiger partial charge is 0.486 e. The van der Waals surface area contributed by atoms with Gasteiger partial charge in [-0.25, -0.2) is 4.79 Å². The Morgan fingerprint density at radius 3 is 2.29 bits per heavy atom. The third-order valence-electron chi connectivity index (χ3n) is 4.93. The Morgan fingerprint density at radius 2 is 1.55 bits per heavy atom. The van der Waals surface area contributed by atoms with Gasteiger partial charge in [0.2, 0.25) is 0 Å². The Balaban J connectivity index is 1.38. The fourth-order valence-corrected chi connectivity index (χ4v) is 3.41. The van der Waals surface area contributed by atoms with Crippen molar-refractivity contribution in [2.24, 2.45) is 0 Å². The van der Waals surface area contributed by atoms with Crippen LogP contribution in [0, 0.1) is 0 Å². The molecular weight excluding hydrogens is 394 g/mol. The van der Waals surface area contributed by atoms with Crippen molar-refractivity contribution in [3.05, 3.63) is 95.6 Å². The van der Waals surface area contributed by atoms with E-state index in [-0.39, 0.29) is 18.6 Å². The van der Waals surface area contributed by atoms with E-state index in [1.165, 1.54) is 0 Å². The van der Waals surface area contributed by atoms with Crippen LogP contribution in [0.15, 0.2) is 78.9 Å². The van der Waals surface area contributed by atoms with Gasteiger partial charge in [0, 0.05) is 0 Å². The van der Waals surface area contributed by atoms with Crippen LogP contribution < -0.4 is 14.8 Å². The number of carbonyl (C=O) groups is 2. The predicted molar refractivity (Wildman–Crippen MR) is 115 cm³/mol. The van der Waals surface area contributed by atoms with Crippen LogP contribution in [0.25, 0.3) is 0 Å². The third kappa shape index (κ3) is 5.42. The molecule has 31 heavy (non-hydrogen) atoms. The summed E-state index contributed by atoms with van der Waals surface area (Å²) in [4.78, 5) is 24.9. The first-order valence-electron chi connectivity index (χ1n) is 10.1. The van der Waals surface area contributed by atoms with Crippen molar-refractivity contribution in [2.45, 2.75) is 12.5 Å². The quantitative estimate of drug-likeness (QED) is 0.593. The van der Waals surface area contributed by atoms with Crippen LogP contribution in [0.4, 0.5) is 0 Å². The molecule has 0 unspecified atom stereocenters. The van der Waals surface area contributed by atoms with E-state index in [0.717, 1.165) is 11.1 Å². The van der Waals surface area contributed by atoms with Crippen molar-refractivity contribution in [1.29, 1.82) is 0 Å². The van der Waals surface area contributed by atoms with E-state index in [0.29, 0.717) is 36.7 Å². The van der Waals surface area contributed by atoms with Gasteiger partial charge in [0.15, 0.2) is 18.1 Å². The molecule has 3 aromatic rings. The number of hydrogen-bond donors (Lipinski definition) is 1. The first-order valence-corrected chi connectivity index (χ1v) is 10.1. The SMILES string of the molecule is O=C(COC(=O)c1ccc2c(c1)OCCO2)N[C@H](Cc1ccccc1)c1ccccc1. The van der Waals surface area contributed by atoms with Gasteiger partial charge in [-0.2, -0.15) is 0 Å². The van der Waals surface area contributed by atoms with E-state index < -0.39 is 5.97 Å². The standard InChI is InChI=1S/C25H23NO5/c27-24(17-31-25(28)20-11-12-22-23(16-20)30-14-13-29-22)26-21(19-9-5-2-6-10-19)15-18-7-3-1-4-8-18/h1-12,16,21H,13-15,17H2,(H,26,27)/t21-/m1/s1. The molecule has 0 saturated carbocycles. The number of benzene rings is 3. The van der Waals surface area contributed by atoms with Crippen LogP contribution in [0.1, 0.15) is 27.5 Å². The molecule has 6 nitrogen and oxygen atoms in total. The highest BCUT2D eigenvalue weighted by Gasteiger charge is 2.19. The van der Waals surface area contributed by atoms with E-state index in [9.17, 15) is 9.59 Å². The summed E-state index contributed by atoms with van der Waals surface area (Å²) in [7, 11) is 0. The van der Waals surface area contributed by atoms with Crippen molar-refractivity contribution in [1.82, 2.24) is 5.32 Å². The van der Waals surface area contributed by atoms with Crippen molar-refractivity contribution in [3.8, 4) is 11.5 Å². The van der Waals surface area contributed by atoms with Gasteiger partial charge in [-0.1, -0.05) is 60.7 Å². The zero-order valence-corrected chi connectivity index (χ0v) is 17.0. The molecule has 1 N–H and O–H groups in total. The van der Waals surface area contributed by atoms with Crippen molar-refractivity contribution < 1.29 is 23.8 Å². The molecule has 0 saturated heterocycles. The van der Waals surface area contributed by atoms with E-state index >= 15 is 0 Å². The molecule has 158 valence electrons. The molecule has 0 spiro atoms. The fourth-order valence-electron chi connectivity index (χ4n) is 3.41. The van der Waals surface area contributed by atoms with Gasteiger partial charge in [-0.15, -0.1) is 0 Å². The van der Waals surface area contributed by atoms with Gasteiger partial charge in [0.05, 0.1) is 11.6 Å². The Labute approximate surface area is 180 Å². The lowest BCUT2D eigenvalue weighted by atomic mass is 9.99. The zero-order chi connectivity index (χ0) is 21.5. The summed E-state index contributed by atoms with van der Waals surface area (Å²) in [5.41, 5.74) is 2.39. The molecule has 1 amide bonds. The maximum absolute atomic E-state index is 12.6. The molecule has 0 aliphatic carbocycles. The van der Waals surface area contributed by atoms with E-state index in [2.05, 4.69) is 5.32 Å². The monoisotopic (exact) mass is 417 g/mol. The minimum Gasteiger partial charge on any atom is -0.486 e. The Kier molecular flexibility index (Phi) is 6.47. The van der Waals surface area contributed by atoms with Gasteiger partial charge in [-0.05, 0) is 35.7 Å². The highest BCUT2D eigenvalue weighted by atomic mass is 16.6. The zero-order valence-electron chi connectivity index (χ0n) is 17.0. The molecule has 3 aromatic carbocycles. The van der Waals surface area contributed by atoms with Crippen LogP contribution in [-0.2, 0) is 16.0 Å². The predicted octanol–water partition coefficient (Wildman–Crippen LogP) is 3.71. The summed E-state index contributed by atoms with van der Waals surface area (Å²) in [6, 6.07) is 24.2. The summed E-state index contributed by atoms with van der Waals surface area (Å²) in [5.74, 6) is 0.131. The maximum atomic E-state index is 12.6. The number of nitrogens with one attached hydrogen (secondary N) is 1. The molecule has 1 aliphatic heterocycles. The van der Waals surface area contributed by atoms with Crippen LogP contribution in [0.5, 0.6) is 11.5 Å². The summed E-state index contributed by atoms with van der Waals surface area (Å²) in [6.45, 7) is 0.532. The first-order chi connectivity index (χ1) is 15.2. The highest BCUT2D eigenvalue weighted by molar-refractivity contribution is 5.92. The van der Waals surface area contributed by atoms with Gasteiger partial charge in [0.25, 0.3) is 5.91 Å². The number of carbonyl (C=O) groups excluding carboxylic acids is 2. The minimum absolute atomic E-state index is 0.232. The van der Waals surface area contributed by atoms with Crippen molar-refractivity contribution >= 4 is 11.9 Å². The number of rotatable bonds is 7. The third-order valence-corrected chi connectivity index (χ3v) is 4.93. The summed E-state index contributed by atoms with van der Waals surface area (Å²) < 4.78 is 16.2. The molecule has 1 aliphatic rings. The van der Waals surface area contributed by atoms with Crippen molar-refractivity contribution in [2.75, 3.05) is 19.8 Å². The lowest BCUT2D eigenvalue weighted by molar-refractivity contribution is -0.125. The first kappa shape index (κ1) is 20.5. The van der Waals surface area contributed by atoms with Gasteiger partial charge in [-0.3, -0.25) is 4.79 Å². The Hall–Kier alpha value is -3.80. The van der Waals surface area contributed by atoms with E-state index in [1.807, 2.05) is 60.7 Å². The van der Waals surface area contributed by atoms with Crippen LogP contribution in [0.3, 0.4) is 0 Å². The molecule has 6 heteroatoms. The summed E-state index contributed by atoms with van der Waals surface area (Å²) >= 11 is 0. The molecule has 1 atom stereocenters. The average Bonchev–Trinajstić information content (AvgIpc) is 2.83. The molecule has 1 heterocycles. The average molecular weight is 417 g/mol. The number of amides is 1. The number of fused-ring (bicyclic) bond motifs is 1. The number of ether oxygens (including phenoxy) is 3. The van der Waals surface area contributed by atoms with Gasteiger partial charge in [0.1, 0.15) is 13.2 Å². The molecule has 0 bridgehead atoms. The lowest BCUT2D eigenvalue weighted by Gasteiger charge is -2.20. The summed E-state index contributed by atoms with van der Waals surface area (Å²) in [5, 5.41) is 2.98. The van der Waals surface area contributed by atoms with Gasteiger partial charge < -0.3 is 19.5 Å². The smallest absolute Gasteiger partial charge is 0.338 e. The maximum Gasteiger partial charge on any atom is 0.338 e. The molecular formula is C25H23NO5. The van der Waals surface area contributed by atoms with Crippen LogP contribution >= 0.6 is 0 Å². The minimum atomic E-state index is -0.591. The second kappa shape index (κ2) is 9.80. The van der Waals surface area contributed by atoms with Gasteiger partial charge >= 0.3 is 5.97 Å². The fraction of sp³-hybridized carbons (Fsp3) is 0.200. The van der Waals surface area contributed by atoms with E-state index in [1.54, 1.807) is 18.2 Å². The van der Waals surface area contributed by atoms with Crippen molar-refractivity contribution in [3.63, 3.8) is 0 Å². The topological polar surface area (TPSA) is 73.9 Å². The molecule has 4 rings (SSSR count).